The molecule has 1 amide bonds. The molecule has 4 rings (SSSR count). The van der Waals surface area contributed by atoms with Gasteiger partial charge in [-0.05, 0) is 55.2 Å². The fourth-order valence-electron chi connectivity index (χ4n) is 5.93. The SMILES string of the molecule is C[C@H]1CC2C[C@@H](S(=O)(=O)c3cc(C(=O)Nc4cc(F)c(F)c(F)c4)ccc3Cl)C[C@H]1[C@@]2(O)CC(O)CO. The van der Waals surface area contributed by atoms with Gasteiger partial charge in [-0.3, -0.25) is 4.79 Å². The minimum atomic E-state index is -4.08. The summed E-state index contributed by atoms with van der Waals surface area (Å²) in [4.78, 5) is 12.4. The molecule has 12 heteroatoms. The molecule has 0 radical (unpaired) electrons. The van der Waals surface area contributed by atoms with Gasteiger partial charge >= 0.3 is 0 Å². The number of halogens is 4. The summed E-state index contributed by atoms with van der Waals surface area (Å²) >= 11 is 6.22. The van der Waals surface area contributed by atoms with Gasteiger partial charge in [0.05, 0.1) is 33.5 Å². The van der Waals surface area contributed by atoms with Crippen molar-refractivity contribution >= 4 is 33.0 Å². The first kappa shape index (κ1) is 27.8. The second-order valence-corrected chi connectivity index (χ2v) is 12.6. The third-order valence-corrected chi connectivity index (χ3v) is 10.4. The van der Waals surface area contributed by atoms with E-state index in [1.54, 1.807) is 0 Å². The van der Waals surface area contributed by atoms with E-state index in [-0.39, 0.29) is 46.3 Å². The maximum atomic E-state index is 13.7. The Bertz CT molecular complexity index is 1300. The number of hydrogen-bond acceptors (Lipinski definition) is 6. The summed E-state index contributed by atoms with van der Waals surface area (Å²) in [6.45, 7) is 1.40. The van der Waals surface area contributed by atoms with Crippen molar-refractivity contribution in [2.24, 2.45) is 17.8 Å². The molecule has 2 aliphatic carbocycles. The molecule has 2 aromatic rings. The van der Waals surface area contributed by atoms with Crippen LogP contribution >= 0.6 is 11.6 Å². The second kappa shape index (κ2) is 10.2. The van der Waals surface area contributed by atoms with Crippen molar-refractivity contribution in [3.05, 3.63) is 58.4 Å². The van der Waals surface area contributed by atoms with Gasteiger partial charge < -0.3 is 20.6 Å². The Morgan fingerprint density at radius 3 is 2.41 bits per heavy atom. The molecular weight excluding hydrogens is 535 g/mol. The van der Waals surface area contributed by atoms with E-state index in [1.807, 2.05) is 6.92 Å². The smallest absolute Gasteiger partial charge is 0.255 e. The Labute approximate surface area is 217 Å². The largest absolute Gasteiger partial charge is 0.394 e. The average molecular weight is 562 g/mol. The molecule has 2 aromatic carbocycles. The van der Waals surface area contributed by atoms with E-state index in [2.05, 4.69) is 5.32 Å². The van der Waals surface area contributed by atoms with Crippen molar-refractivity contribution in [1.29, 1.82) is 0 Å². The van der Waals surface area contributed by atoms with Crippen molar-refractivity contribution in [2.45, 2.75) is 54.5 Å². The summed E-state index contributed by atoms with van der Waals surface area (Å²) in [5, 5.41) is 31.7. The predicted molar refractivity (Wildman–Crippen MR) is 129 cm³/mol. The standard InChI is InChI=1S/C25H27ClF3NO6S/c1-12-4-14-6-17(9-18(12)25(14,34)10-16(32)11-31)37(35,36)22-5-13(2-3-19(22)26)24(33)30-15-7-20(27)23(29)21(28)8-15/h2-3,5,7-8,12,14,16-18,31-32,34H,4,6,9-11H2,1H3,(H,30,33)/t12-,14?,16?,17+,18+,25+/m0/s1. The fourth-order valence-corrected chi connectivity index (χ4v) is 8.31. The van der Waals surface area contributed by atoms with E-state index in [0.717, 1.165) is 6.07 Å². The van der Waals surface area contributed by atoms with Crippen LogP contribution in [0.4, 0.5) is 18.9 Å². The van der Waals surface area contributed by atoms with E-state index in [9.17, 15) is 41.7 Å². The highest BCUT2D eigenvalue weighted by molar-refractivity contribution is 7.92. The van der Waals surface area contributed by atoms with Crippen LogP contribution in [-0.2, 0) is 9.84 Å². The van der Waals surface area contributed by atoms with Gasteiger partial charge in [-0.1, -0.05) is 18.5 Å². The predicted octanol–water partition coefficient (Wildman–Crippen LogP) is 3.69. The third-order valence-electron chi connectivity index (χ3n) is 7.71. The van der Waals surface area contributed by atoms with Crippen LogP contribution < -0.4 is 5.32 Å². The van der Waals surface area contributed by atoms with Crippen molar-refractivity contribution in [1.82, 2.24) is 0 Å². The van der Waals surface area contributed by atoms with Gasteiger partial charge in [0.15, 0.2) is 27.3 Å². The number of aliphatic hydroxyl groups is 3. The van der Waals surface area contributed by atoms with E-state index in [4.69, 9.17) is 11.6 Å². The quantitative estimate of drug-likeness (QED) is 0.382. The number of rotatable bonds is 7. The van der Waals surface area contributed by atoms with Crippen LogP contribution in [0.3, 0.4) is 0 Å². The Morgan fingerprint density at radius 2 is 1.81 bits per heavy atom. The lowest BCUT2D eigenvalue weighted by atomic mass is 9.70. The molecule has 2 unspecified atom stereocenters. The first-order valence-corrected chi connectivity index (χ1v) is 13.7. The van der Waals surface area contributed by atoms with E-state index < -0.39 is 68.6 Å². The van der Waals surface area contributed by atoms with Crippen LogP contribution in [0.2, 0.25) is 5.02 Å². The number of nitrogens with one attached hydrogen (secondary N) is 1. The van der Waals surface area contributed by atoms with E-state index in [0.29, 0.717) is 18.6 Å². The molecular formula is C25H27ClF3NO6S. The summed E-state index contributed by atoms with van der Waals surface area (Å²) in [7, 11) is -4.08. The molecule has 4 N–H and O–H groups in total. The molecule has 0 saturated heterocycles. The molecule has 0 spiro atoms. The Balaban J connectivity index is 1.59. The van der Waals surface area contributed by atoms with E-state index in [1.165, 1.54) is 12.1 Å². The van der Waals surface area contributed by atoms with Crippen LogP contribution in [0.15, 0.2) is 35.2 Å². The van der Waals surface area contributed by atoms with Crippen molar-refractivity contribution in [2.75, 3.05) is 11.9 Å². The van der Waals surface area contributed by atoms with Gasteiger partial charge in [-0.15, -0.1) is 0 Å². The van der Waals surface area contributed by atoms with Gasteiger partial charge in [0.25, 0.3) is 5.91 Å². The summed E-state index contributed by atoms with van der Waals surface area (Å²) in [6, 6.07) is 4.73. The second-order valence-electron chi connectivity index (χ2n) is 10.0. The lowest BCUT2D eigenvalue weighted by molar-refractivity contribution is -0.0992. The monoisotopic (exact) mass is 561 g/mol. The highest BCUT2D eigenvalue weighted by atomic mass is 35.5. The van der Waals surface area contributed by atoms with Gasteiger partial charge in [0, 0.05) is 29.8 Å². The third kappa shape index (κ3) is 5.12. The lowest BCUT2D eigenvalue weighted by Crippen LogP contribution is -2.51. The van der Waals surface area contributed by atoms with Crippen molar-refractivity contribution in [3.8, 4) is 0 Å². The Hall–Kier alpha value is -2.18. The first-order valence-electron chi connectivity index (χ1n) is 11.8. The van der Waals surface area contributed by atoms with Gasteiger partial charge in [-0.2, -0.15) is 0 Å². The number of hydrogen-bond donors (Lipinski definition) is 4. The Morgan fingerprint density at radius 1 is 1.16 bits per heavy atom. The topological polar surface area (TPSA) is 124 Å². The number of sulfone groups is 1. The highest BCUT2D eigenvalue weighted by Crippen LogP contribution is 2.56. The zero-order chi connectivity index (χ0) is 27.3. The van der Waals surface area contributed by atoms with E-state index >= 15 is 0 Å². The zero-order valence-corrected chi connectivity index (χ0v) is 21.4. The van der Waals surface area contributed by atoms with Crippen molar-refractivity contribution < 1.29 is 41.7 Å². The highest BCUT2D eigenvalue weighted by Gasteiger charge is 2.58. The summed E-state index contributed by atoms with van der Waals surface area (Å²) < 4.78 is 67.5. The molecule has 0 heterocycles. The number of aliphatic hydroxyl groups excluding tert-OH is 2. The molecule has 7 nitrogen and oxygen atoms in total. The van der Waals surface area contributed by atoms with Crippen LogP contribution in [0.1, 0.15) is 43.0 Å². The molecule has 2 fully saturated rings. The minimum Gasteiger partial charge on any atom is -0.394 e. The van der Waals surface area contributed by atoms with Gasteiger partial charge in [0.2, 0.25) is 0 Å². The Kier molecular flexibility index (Phi) is 7.66. The van der Waals surface area contributed by atoms with Gasteiger partial charge in [0.1, 0.15) is 0 Å². The first-order chi connectivity index (χ1) is 17.3. The molecule has 37 heavy (non-hydrogen) atoms. The van der Waals surface area contributed by atoms with Crippen LogP contribution in [0.5, 0.6) is 0 Å². The zero-order valence-electron chi connectivity index (χ0n) is 19.8. The normalized spacial score (nSPS) is 28.2. The van der Waals surface area contributed by atoms with Crippen LogP contribution in [0, 0.1) is 35.2 Å². The molecule has 2 aliphatic rings. The summed E-state index contributed by atoms with van der Waals surface area (Å²) in [6.07, 6.45) is -0.404. The summed E-state index contributed by atoms with van der Waals surface area (Å²) in [5.74, 6) is -6.43. The molecule has 0 aliphatic heterocycles. The molecule has 6 atom stereocenters. The maximum Gasteiger partial charge on any atom is 0.255 e. The fraction of sp³-hybridized carbons (Fsp3) is 0.480. The van der Waals surface area contributed by atoms with Crippen molar-refractivity contribution in [3.63, 3.8) is 0 Å². The van der Waals surface area contributed by atoms with Gasteiger partial charge in [-0.25, -0.2) is 21.6 Å². The molecule has 2 bridgehead atoms. The number of amides is 1. The maximum absolute atomic E-state index is 13.7. The lowest BCUT2D eigenvalue weighted by Gasteiger charge is -2.44. The summed E-state index contributed by atoms with van der Waals surface area (Å²) in [5.41, 5.74) is -1.82. The number of fused-ring (bicyclic) bond motifs is 2. The molecule has 0 aromatic heterocycles. The molecule has 2 saturated carbocycles. The number of carbonyl (C=O) groups is 1. The molecule has 202 valence electrons. The number of carbonyl (C=O) groups excluding carboxylic acids is 1. The van der Waals surface area contributed by atoms with Crippen LogP contribution in [0.25, 0.3) is 0 Å². The number of benzene rings is 2. The minimum absolute atomic E-state index is 0.00910. The average Bonchev–Trinajstić information content (AvgIpc) is 2.95. The van der Waals surface area contributed by atoms with Crippen LogP contribution in [-0.4, -0.2) is 53.2 Å². The number of anilines is 1.